The molecule has 2 aliphatic heterocycles. The normalized spacial score (nSPS) is 20.5. The highest BCUT2D eigenvalue weighted by molar-refractivity contribution is 6.30. The van der Waals surface area contributed by atoms with E-state index in [2.05, 4.69) is 14.9 Å². The van der Waals surface area contributed by atoms with Crippen LogP contribution in [0, 0.1) is 0 Å². The zero-order valence-corrected chi connectivity index (χ0v) is 16.7. The van der Waals surface area contributed by atoms with Crippen molar-refractivity contribution in [3.05, 3.63) is 41.2 Å². The third kappa shape index (κ3) is 4.13. The van der Waals surface area contributed by atoms with Gasteiger partial charge in [-0.3, -0.25) is 9.69 Å². The summed E-state index contributed by atoms with van der Waals surface area (Å²) >= 11 is 6.05. The highest BCUT2D eigenvalue weighted by Gasteiger charge is 2.31. The Morgan fingerprint density at radius 2 is 1.82 bits per heavy atom. The molecule has 2 aliphatic rings. The van der Waals surface area contributed by atoms with E-state index in [1.165, 1.54) is 0 Å². The van der Waals surface area contributed by atoms with E-state index < -0.39 is 0 Å². The number of hydrogen-bond acceptors (Lipinski definition) is 5. The number of likely N-dealkylation sites (tertiary alicyclic amines) is 2. The second-order valence-electron chi connectivity index (χ2n) is 7.60. The van der Waals surface area contributed by atoms with Gasteiger partial charge >= 0.3 is 0 Å². The van der Waals surface area contributed by atoms with Gasteiger partial charge in [0.1, 0.15) is 0 Å². The van der Waals surface area contributed by atoms with Crippen LogP contribution in [0.1, 0.15) is 43.8 Å². The molecule has 7 heteroatoms. The monoisotopic (exact) mass is 399 g/mol. The number of anilines is 1. The van der Waals surface area contributed by atoms with Gasteiger partial charge in [-0.2, -0.15) is 0 Å². The molecule has 3 heterocycles. The zero-order chi connectivity index (χ0) is 19.5. The quantitative estimate of drug-likeness (QED) is 0.851. The molecule has 0 bridgehead atoms. The van der Waals surface area contributed by atoms with Crippen molar-refractivity contribution in [1.82, 2.24) is 19.8 Å². The van der Waals surface area contributed by atoms with Crippen LogP contribution in [0.5, 0.6) is 0 Å². The Labute approximate surface area is 170 Å². The summed E-state index contributed by atoms with van der Waals surface area (Å²) in [5.41, 5.74) is 8.82. The fourth-order valence-corrected chi connectivity index (χ4v) is 4.37. The van der Waals surface area contributed by atoms with Crippen LogP contribution in [0.3, 0.4) is 0 Å². The molecule has 0 radical (unpaired) electrons. The Morgan fingerprint density at radius 3 is 2.57 bits per heavy atom. The van der Waals surface area contributed by atoms with Crippen molar-refractivity contribution >= 4 is 23.5 Å². The van der Waals surface area contributed by atoms with Gasteiger partial charge in [-0.15, -0.1) is 0 Å². The minimum absolute atomic E-state index is 0.0660. The summed E-state index contributed by atoms with van der Waals surface area (Å²) in [6, 6.07) is 7.75. The van der Waals surface area contributed by atoms with Gasteiger partial charge in [0.25, 0.3) is 0 Å². The molecule has 1 amide bonds. The molecule has 2 fully saturated rings. The van der Waals surface area contributed by atoms with Gasteiger partial charge in [-0.25, -0.2) is 9.97 Å². The molecule has 2 aromatic rings. The first-order valence-electron chi connectivity index (χ1n) is 10.0. The van der Waals surface area contributed by atoms with Crippen LogP contribution in [0.2, 0.25) is 5.02 Å². The first-order chi connectivity index (χ1) is 13.6. The lowest BCUT2D eigenvalue weighted by molar-refractivity contribution is -0.132. The van der Waals surface area contributed by atoms with Crippen LogP contribution in [-0.2, 0) is 4.79 Å². The molecule has 0 unspecified atom stereocenters. The van der Waals surface area contributed by atoms with Gasteiger partial charge in [0.15, 0.2) is 0 Å². The number of piperidine rings is 1. The standard InChI is InChI=1S/C21H26ClN5O/c22-16-8-6-15(7-9-16)17-13-24-21(23)25-20(17)18-5-1-2-12-27(18)14-19(28)26-10-3-4-11-26/h6-9,13,18H,1-5,10-12,14H2,(H2,23,24,25)/t18-/m1/s1. The topological polar surface area (TPSA) is 75.3 Å². The fourth-order valence-electron chi connectivity index (χ4n) is 4.25. The average Bonchev–Trinajstić information content (AvgIpc) is 3.24. The van der Waals surface area contributed by atoms with Gasteiger partial charge in [0, 0.05) is 29.9 Å². The third-order valence-electron chi connectivity index (χ3n) is 5.72. The molecule has 1 atom stereocenters. The molecule has 148 valence electrons. The molecule has 4 rings (SSSR count). The number of nitrogens with zero attached hydrogens (tertiary/aromatic N) is 4. The summed E-state index contributed by atoms with van der Waals surface area (Å²) in [5, 5.41) is 0.692. The summed E-state index contributed by atoms with van der Waals surface area (Å²) in [6.45, 7) is 3.10. The number of carbonyl (C=O) groups is 1. The predicted molar refractivity (Wildman–Crippen MR) is 111 cm³/mol. The van der Waals surface area contributed by atoms with E-state index in [-0.39, 0.29) is 17.9 Å². The van der Waals surface area contributed by atoms with Crippen molar-refractivity contribution in [2.75, 3.05) is 31.9 Å². The summed E-state index contributed by atoms with van der Waals surface area (Å²) < 4.78 is 0. The van der Waals surface area contributed by atoms with Gasteiger partial charge in [0.2, 0.25) is 11.9 Å². The van der Waals surface area contributed by atoms with Crippen LogP contribution < -0.4 is 5.73 Å². The van der Waals surface area contributed by atoms with E-state index in [1.807, 2.05) is 29.2 Å². The summed E-state index contributed by atoms with van der Waals surface area (Å²) in [6.07, 6.45) is 7.18. The fraction of sp³-hybridized carbons (Fsp3) is 0.476. The van der Waals surface area contributed by atoms with E-state index in [1.54, 1.807) is 6.20 Å². The molecular weight excluding hydrogens is 374 g/mol. The van der Waals surface area contributed by atoms with Crippen LogP contribution in [-0.4, -0.2) is 51.9 Å². The van der Waals surface area contributed by atoms with Crippen molar-refractivity contribution < 1.29 is 4.79 Å². The molecule has 1 aromatic carbocycles. The number of carbonyl (C=O) groups excluding carboxylic acids is 1. The lowest BCUT2D eigenvalue weighted by atomic mass is 9.94. The molecule has 2 N–H and O–H groups in total. The van der Waals surface area contributed by atoms with Gasteiger partial charge < -0.3 is 10.6 Å². The van der Waals surface area contributed by atoms with Crippen LogP contribution in [0.4, 0.5) is 5.95 Å². The average molecular weight is 400 g/mol. The second kappa shape index (κ2) is 8.45. The first kappa shape index (κ1) is 19.2. The second-order valence-corrected chi connectivity index (χ2v) is 8.04. The molecule has 1 aromatic heterocycles. The Bertz CT molecular complexity index is 835. The molecule has 28 heavy (non-hydrogen) atoms. The highest BCUT2D eigenvalue weighted by atomic mass is 35.5. The molecular formula is C21H26ClN5O. The summed E-state index contributed by atoms with van der Waals surface area (Å²) in [4.78, 5) is 25.9. The maximum Gasteiger partial charge on any atom is 0.236 e. The van der Waals surface area contributed by atoms with E-state index in [0.717, 1.165) is 68.6 Å². The largest absolute Gasteiger partial charge is 0.368 e. The molecule has 0 spiro atoms. The van der Waals surface area contributed by atoms with Gasteiger partial charge in [0.05, 0.1) is 18.3 Å². The lowest BCUT2D eigenvalue weighted by Crippen LogP contribution is -2.43. The molecule has 2 saturated heterocycles. The zero-order valence-electron chi connectivity index (χ0n) is 16.0. The van der Waals surface area contributed by atoms with Crippen molar-refractivity contribution in [3.8, 4) is 11.1 Å². The first-order valence-corrected chi connectivity index (χ1v) is 10.4. The van der Waals surface area contributed by atoms with E-state index in [0.29, 0.717) is 11.6 Å². The Balaban J connectivity index is 1.64. The number of rotatable bonds is 4. The minimum atomic E-state index is 0.0660. The Kier molecular flexibility index (Phi) is 5.78. The SMILES string of the molecule is Nc1ncc(-c2ccc(Cl)cc2)c([C@H]2CCCCN2CC(=O)N2CCCC2)n1. The summed E-state index contributed by atoms with van der Waals surface area (Å²) in [7, 11) is 0. The number of amides is 1. The van der Waals surface area contributed by atoms with Crippen LogP contribution >= 0.6 is 11.6 Å². The van der Waals surface area contributed by atoms with Gasteiger partial charge in [-0.05, 0) is 49.9 Å². The maximum absolute atomic E-state index is 12.8. The highest BCUT2D eigenvalue weighted by Crippen LogP contribution is 2.36. The third-order valence-corrected chi connectivity index (χ3v) is 5.97. The van der Waals surface area contributed by atoms with Crippen molar-refractivity contribution in [1.29, 1.82) is 0 Å². The molecule has 0 aliphatic carbocycles. The number of nitrogen functional groups attached to an aromatic ring is 1. The maximum atomic E-state index is 12.8. The number of nitrogens with two attached hydrogens (primary N) is 1. The minimum Gasteiger partial charge on any atom is -0.368 e. The van der Waals surface area contributed by atoms with Crippen molar-refractivity contribution in [2.24, 2.45) is 0 Å². The Hall–Kier alpha value is -2.18. The van der Waals surface area contributed by atoms with Gasteiger partial charge in [-0.1, -0.05) is 30.2 Å². The van der Waals surface area contributed by atoms with Crippen molar-refractivity contribution in [3.63, 3.8) is 0 Å². The van der Waals surface area contributed by atoms with E-state index in [4.69, 9.17) is 17.3 Å². The van der Waals surface area contributed by atoms with E-state index >= 15 is 0 Å². The lowest BCUT2D eigenvalue weighted by Gasteiger charge is -2.36. The predicted octanol–water partition coefficient (Wildman–Crippen LogP) is 3.53. The number of halogens is 1. The smallest absolute Gasteiger partial charge is 0.236 e. The Morgan fingerprint density at radius 1 is 1.11 bits per heavy atom. The number of aromatic nitrogens is 2. The van der Waals surface area contributed by atoms with Crippen LogP contribution in [0.25, 0.3) is 11.1 Å². The number of hydrogen-bond donors (Lipinski definition) is 1. The summed E-state index contributed by atoms with van der Waals surface area (Å²) in [5.74, 6) is 0.489. The number of benzene rings is 1. The van der Waals surface area contributed by atoms with Crippen molar-refractivity contribution in [2.45, 2.75) is 38.1 Å². The molecule has 6 nitrogen and oxygen atoms in total. The van der Waals surface area contributed by atoms with Crippen LogP contribution in [0.15, 0.2) is 30.5 Å². The molecule has 0 saturated carbocycles. The van der Waals surface area contributed by atoms with E-state index in [9.17, 15) is 4.79 Å².